The number of rotatable bonds is 4. The number of nitrogens with one attached hydrogen (secondary N) is 1. The van der Waals surface area contributed by atoms with Crippen molar-refractivity contribution >= 4 is 27.4 Å². The van der Waals surface area contributed by atoms with Crippen molar-refractivity contribution in [2.45, 2.75) is 14.8 Å². The molecule has 6 nitrogen and oxygen atoms in total. The lowest BCUT2D eigenvalue weighted by molar-refractivity contribution is 0.602. The van der Waals surface area contributed by atoms with Gasteiger partial charge in [0.05, 0.1) is 4.90 Å². The van der Waals surface area contributed by atoms with Crippen molar-refractivity contribution in [2.75, 3.05) is 11.7 Å². The largest absolute Gasteiger partial charge is 0.308 e. The smallest absolute Gasteiger partial charge is 0.175 e. The Bertz CT molecular complexity index is 671. The van der Waals surface area contributed by atoms with Crippen molar-refractivity contribution in [3.8, 4) is 0 Å². The molecule has 0 saturated heterocycles. The molecule has 0 atom stereocenters. The number of aromatic nitrogens is 2. The van der Waals surface area contributed by atoms with Gasteiger partial charge in [-0.2, -0.15) is 0 Å². The van der Waals surface area contributed by atoms with E-state index in [9.17, 15) is 8.42 Å². The Kier molecular flexibility index (Phi) is 4.03. The van der Waals surface area contributed by atoms with Gasteiger partial charge in [0.1, 0.15) is 17.2 Å². The molecule has 0 radical (unpaired) electrons. The molecule has 0 unspecified atom stereocenters. The molecule has 1 aromatic carbocycles. The van der Waals surface area contributed by atoms with E-state index in [-0.39, 0.29) is 0 Å². The summed E-state index contributed by atoms with van der Waals surface area (Å²) in [5.41, 5.74) is 2.44. The lowest BCUT2D eigenvalue weighted by atomic mass is 10.4. The summed E-state index contributed by atoms with van der Waals surface area (Å²) in [6.07, 6.45) is 2.58. The number of hydrogen-bond acceptors (Lipinski definition) is 7. The molecule has 1 aromatic heterocycles. The van der Waals surface area contributed by atoms with Crippen LogP contribution >= 0.6 is 11.8 Å². The third-order valence-electron chi connectivity index (χ3n) is 2.26. The number of nitrogen functional groups attached to an aromatic ring is 1. The van der Waals surface area contributed by atoms with Crippen molar-refractivity contribution in [2.24, 2.45) is 5.84 Å². The maximum absolute atomic E-state index is 11.3. The number of anilines is 1. The van der Waals surface area contributed by atoms with Gasteiger partial charge in [0.15, 0.2) is 9.84 Å². The minimum atomic E-state index is -3.16. The second kappa shape index (κ2) is 5.55. The summed E-state index contributed by atoms with van der Waals surface area (Å²) in [4.78, 5) is 9.18. The first kappa shape index (κ1) is 13.8. The van der Waals surface area contributed by atoms with E-state index in [0.717, 1.165) is 9.92 Å². The van der Waals surface area contributed by atoms with Crippen LogP contribution in [0.5, 0.6) is 0 Å². The first-order valence-corrected chi connectivity index (χ1v) is 7.96. The van der Waals surface area contributed by atoms with E-state index in [0.29, 0.717) is 10.7 Å². The number of hydrazine groups is 1. The van der Waals surface area contributed by atoms with Gasteiger partial charge in [-0.05, 0) is 24.3 Å². The summed E-state index contributed by atoms with van der Waals surface area (Å²) in [6, 6.07) is 8.31. The van der Waals surface area contributed by atoms with Gasteiger partial charge in [-0.3, -0.25) is 0 Å². The molecule has 19 heavy (non-hydrogen) atoms. The van der Waals surface area contributed by atoms with E-state index in [1.807, 2.05) is 0 Å². The Morgan fingerprint density at radius 2 is 1.89 bits per heavy atom. The molecule has 8 heteroatoms. The molecule has 2 rings (SSSR count). The average Bonchev–Trinajstić information content (AvgIpc) is 2.38. The third-order valence-corrected chi connectivity index (χ3v) is 4.33. The van der Waals surface area contributed by atoms with Gasteiger partial charge in [0.25, 0.3) is 0 Å². The minimum Gasteiger partial charge on any atom is -0.308 e. The van der Waals surface area contributed by atoms with Crippen molar-refractivity contribution in [3.63, 3.8) is 0 Å². The van der Waals surface area contributed by atoms with Crippen LogP contribution in [0.2, 0.25) is 0 Å². The Morgan fingerprint density at radius 1 is 1.21 bits per heavy atom. The minimum absolute atomic E-state index is 0.295. The molecule has 0 bridgehead atoms. The summed E-state index contributed by atoms with van der Waals surface area (Å²) < 4.78 is 22.7. The van der Waals surface area contributed by atoms with E-state index in [1.165, 1.54) is 24.3 Å². The fraction of sp³-hybridized carbons (Fsp3) is 0.0909. The van der Waals surface area contributed by atoms with Crippen LogP contribution in [0.4, 0.5) is 5.82 Å². The van der Waals surface area contributed by atoms with Gasteiger partial charge in [0, 0.05) is 17.2 Å². The van der Waals surface area contributed by atoms with Crippen LogP contribution in [-0.2, 0) is 9.84 Å². The third kappa shape index (κ3) is 3.66. The van der Waals surface area contributed by atoms with Crippen LogP contribution < -0.4 is 11.3 Å². The maximum Gasteiger partial charge on any atom is 0.175 e. The van der Waals surface area contributed by atoms with E-state index < -0.39 is 9.84 Å². The zero-order valence-corrected chi connectivity index (χ0v) is 11.7. The highest BCUT2D eigenvalue weighted by atomic mass is 32.2. The van der Waals surface area contributed by atoms with Crippen LogP contribution in [0.3, 0.4) is 0 Å². The topological polar surface area (TPSA) is 98.0 Å². The van der Waals surface area contributed by atoms with Crippen molar-refractivity contribution in [1.82, 2.24) is 9.97 Å². The first-order valence-electron chi connectivity index (χ1n) is 5.25. The number of nitrogens with zero attached hydrogens (tertiary/aromatic N) is 2. The molecular formula is C11H12N4O2S2. The van der Waals surface area contributed by atoms with E-state index in [4.69, 9.17) is 5.84 Å². The summed E-state index contributed by atoms with van der Waals surface area (Å²) in [5.74, 6) is 5.78. The number of sulfone groups is 1. The number of nitrogens with two attached hydrogens (primary N) is 1. The predicted octanol–water partition coefficient (Wildman–Crippen LogP) is 1.32. The molecule has 2 aromatic rings. The van der Waals surface area contributed by atoms with Gasteiger partial charge >= 0.3 is 0 Å². The molecule has 1 heterocycles. The fourth-order valence-electron chi connectivity index (χ4n) is 1.35. The summed E-state index contributed by atoms with van der Waals surface area (Å²) in [7, 11) is -3.16. The molecule has 0 aliphatic heterocycles. The number of benzene rings is 1. The summed E-state index contributed by atoms with van der Waals surface area (Å²) in [6.45, 7) is 0. The Hall–Kier alpha value is -1.64. The van der Waals surface area contributed by atoms with Crippen molar-refractivity contribution in [1.29, 1.82) is 0 Å². The molecule has 0 fully saturated rings. The van der Waals surface area contributed by atoms with Gasteiger partial charge in [-0.1, -0.05) is 11.8 Å². The normalized spacial score (nSPS) is 11.3. The second-order valence-corrected chi connectivity index (χ2v) is 6.84. The highest BCUT2D eigenvalue weighted by molar-refractivity contribution is 7.99. The molecule has 0 aliphatic carbocycles. The van der Waals surface area contributed by atoms with Crippen LogP contribution in [0, 0.1) is 0 Å². The molecular weight excluding hydrogens is 284 g/mol. The Labute approximate surface area is 115 Å². The highest BCUT2D eigenvalue weighted by Gasteiger charge is 2.07. The van der Waals surface area contributed by atoms with Gasteiger partial charge < -0.3 is 5.43 Å². The van der Waals surface area contributed by atoms with Gasteiger partial charge in [0.2, 0.25) is 0 Å². The van der Waals surface area contributed by atoms with Gasteiger partial charge in [-0.15, -0.1) is 0 Å². The summed E-state index contributed by atoms with van der Waals surface area (Å²) in [5, 5.41) is 0.718. The van der Waals surface area contributed by atoms with Crippen LogP contribution in [0.1, 0.15) is 0 Å². The predicted molar refractivity (Wildman–Crippen MR) is 73.5 cm³/mol. The second-order valence-electron chi connectivity index (χ2n) is 3.73. The Balaban J connectivity index is 2.19. The Morgan fingerprint density at radius 3 is 2.47 bits per heavy atom. The van der Waals surface area contributed by atoms with Gasteiger partial charge in [-0.25, -0.2) is 24.2 Å². The van der Waals surface area contributed by atoms with Crippen molar-refractivity contribution in [3.05, 3.63) is 36.7 Å². The first-order chi connectivity index (χ1) is 8.99. The maximum atomic E-state index is 11.3. The number of hydrogen-bond donors (Lipinski definition) is 2. The molecule has 3 N–H and O–H groups in total. The van der Waals surface area contributed by atoms with E-state index in [2.05, 4.69) is 15.4 Å². The quantitative estimate of drug-likeness (QED) is 0.498. The van der Waals surface area contributed by atoms with E-state index >= 15 is 0 Å². The van der Waals surface area contributed by atoms with Crippen LogP contribution in [0.25, 0.3) is 0 Å². The molecule has 0 saturated carbocycles. The highest BCUT2D eigenvalue weighted by Crippen LogP contribution is 2.27. The lowest BCUT2D eigenvalue weighted by Gasteiger charge is -2.04. The SMILES string of the molecule is CS(=O)(=O)c1ccc(Sc2cc(NN)ncn2)cc1. The molecule has 0 spiro atoms. The average molecular weight is 296 g/mol. The standard InChI is InChI=1S/C11H12N4O2S2/c1-19(16,17)9-4-2-8(3-5-9)18-11-6-10(15-12)13-7-14-11/h2-7H,12H2,1H3,(H,13,14,15). The van der Waals surface area contributed by atoms with Crippen molar-refractivity contribution < 1.29 is 8.42 Å². The van der Waals surface area contributed by atoms with Crippen LogP contribution in [-0.4, -0.2) is 24.6 Å². The molecule has 100 valence electrons. The monoisotopic (exact) mass is 296 g/mol. The molecule has 0 aliphatic rings. The zero-order chi connectivity index (χ0) is 13.9. The summed E-state index contributed by atoms with van der Waals surface area (Å²) >= 11 is 1.39. The van der Waals surface area contributed by atoms with E-state index in [1.54, 1.807) is 30.3 Å². The zero-order valence-electron chi connectivity index (χ0n) is 10.1. The lowest BCUT2D eigenvalue weighted by Crippen LogP contribution is -2.08. The molecule has 0 amide bonds. The van der Waals surface area contributed by atoms with Crippen LogP contribution in [0.15, 0.2) is 51.5 Å². The fourth-order valence-corrected chi connectivity index (χ4v) is 2.76.